The third kappa shape index (κ3) is 4.17. The first-order chi connectivity index (χ1) is 8.20. The van der Waals surface area contributed by atoms with Crippen molar-refractivity contribution < 1.29 is 19.1 Å². The molecule has 0 aromatic rings. The van der Waals surface area contributed by atoms with Crippen LogP contribution in [-0.2, 0) is 19.1 Å². The molecule has 0 heterocycles. The summed E-state index contributed by atoms with van der Waals surface area (Å²) >= 11 is 0. The van der Waals surface area contributed by atoms with Gasteiger partial charge in [0.05, 0.1) is 0 Å². The van der Waals surface area contributed by atoms with Crippen LogP contribution in [0.3, 0.4) is 0 Å². The van der Waals surface area contributed by atoms with Gasteiger partial charge in [0, 0.05) is 19.8 Å². The van der Waals surface area contributed by atoms with Crippen molar-refractivity contribution in [2.24, 2.45) is 11.3 Å². The molecule has 0 saturated carbocycles. The Morgan fingerprint density at radius 2 is 1.78 bits per heavy atom. The topological polar surface area (TPSA) is 52.6 Å². The molecule has 0 fully saturated rings. The van der Waals surface area contributed by atoms with E-state index in [4.69, 9.17) is 9.47 Å². The first-order valence-corrected chi connectivity index (χ1v) is 6.27. The van der Waals surface area contributed by atoms with E-state index in [-0.39, 0.29) is 29.4 Å². The molecule has 0 radical (unpaired) electrons. The third-order valence-electron chi connectivity index (χ3n) is 3.06. The van der Waals surface area contributed by atoms with Crippen molar-refractivity contribution in [3.8, 4) is 0 Å². The Balaban J connectivity index is 2.91. The Bertz CT molecular complexity index is 362. The largest absolute Gasteiger partial charge is 0.458 e. The lowest BCUT2D eigenvalue weighted by atomic mass is 9.74. The van der Waals surface area contributed by atoms with Gasteiger partial charge in [-0.1, -0.05) is 20.8 Å². The Labute approximate surface area is 108 Å². The van der Waals surface area contributed by atoms with Crippen LogP contribution in [0, 0.1) is 11.3 Å². The summed E-state index contributed by atoms with van der Waals surface area (Å²) in [6.07, 6.45) is 3.10. The number of carbonyl (C=O) groups is 2. The second-order valence-corrected chi connectivity index (χ2v) is 5.81. The fraction of sp³-hybridized carbons (Fsp3) is 0.714. The molecule has 0 aromatic heterocycles. The number of rotatable bonds is 2. The highest BCUT2D eigenvalue weighted by Crippen LogP contribution is 2.40. The van der Waals surface area contributed by atoms with Gasteiger partial charge in [0.1, 0.15) is 11.9 Å². The van der Waals surface area contributed by atoms with Gasteiger partial charge in [0.25, 0.3) is 0 Å². The molecule has 0 bridgehead atoms. The van der Waals surface area contributed by atoms with Crippen LogP contribution in [0.1, 0.15) is 47.5 Å². The van der Waals surface area contributed by atoms with Gasteiger partial charge in [0.15, 0.2) is 0 Å². The Morgan fingerprint density at radius 1 is 1.17 bits per heavy atom. The molecule has 4 nitrogen and oxygen atoms in total. The van der Waals surface area contributed by atoms with Crippen molar-refractivity contribution in [1.82, 2.24) is 0 Å². The van der Waals surface area contributed by atoms with Crippen molar-refractivity contribution >= 4 is 11.9 Å². The zero-order valence-electron chi connectivity index (χ0n) is 11.8. The van der Waals surface area contributed by atoms with E-state index in [1.165, 1.54) is 13.8 Å². The SMILES string of the molecule is CC(=O)OC1=CC(OC(C)=O)CC[C@@H]1C(C)(C)C. The zero-order chi connectivity index (χ0) is 13.9. The Hall–Kier alpha value is -1.32. The van der Waals surface area contributed by atoms with E-state index in [0.29, 0.717) is 5.76 Å². The number of carbonyl (C=O) groups excluding carboxylic acids is 2. The maximum absolute atomic E-state index is 11.1. The first-order valence-electron chi connectivity index (χ1n) is 6.27. The van der Waals surface area contributed by atoms with E-state index in [9.17, 15) is 9.59 Å². The number of hydrogen-bond acceptors (Lipinski definition) is 4. The molecule has 1 rings (SSSR count). The maximum atomic E-state index is 11.1. The molecule has 0 saturated heterocycles. The van der Waals surface area contributed by atoms with Gasteiger partial charge in [-0.3, -0.25) is 9.59 Å². The molecular weight excluding hydrogens is 232 g/mol. The summed E-state index contributed by atoms with van der Waals surface area (Å²) in [6, 6.07) is 0. The van der Waals surface area contributed by atoms with Crippen LogP contribution in [0.5, 0.6) is 0 Å². The van der Waals surface area contributed by atoms with Crippen molar-refractivity contribution in [3.05, 3.63) is 11.8 Å². The van der Waals surface area contributed by atoms with E-state index in [0.717, 1.165) is 12.8 Å². The summed E-state index contributed by atoms with van der Waals surface area (Å²) in [5.74, 6) is 0.160. The smallest absolute Gasteiger partial charge is 0.307 e. The van der Waals surface area contributed by atoms with Crippen LogP contribution >= 0.6 is 0 Å². The van der Waals surface area contributed by atoms with E-state index in [1.54, 1.807) is 6.08 Å². The summed E-state index contributed by atoms with van der Waals surface area (Å²) in [7, 11) is 0. The maximum Gasteiger partial charge on any atom is 0.307 e. The monoisotopic (exact) mass is 254 g/mol. The molecule has 0 aliphatic heterocycles. The second kappa shape index (κ2) is 5.55. The van der Waals surface area contributed by atoms with Crippen molar-refractivity contribution in [1.29, 1.82) is 0 Å². The molecule has 102 valence electrons. The van der Waals surface area contributed by atoms with Crippen LogP contribution in [-0.4, -0.2) is 18.0 Å². The lowest BCUT2D eigenvalue weighted by Gasteiger charge is -2.36. The lowest BCUT2D eigenvalue weighted by Crippen LogP contribution is -2.31. The Kier molecular flexibility index (Phi) is 4.54. The number of esters is 2. The van der Waals surface area contributed by atoms with E-state index in [1.807, 2.05) is 0 Å². The predicted molar refractivity (Wildman–Crippen MR) is 67.6 cm³/mol. The predicted octanol–water partition coefficient (Wildman–Crippen LogP) is 2.82. The van der Waals surface area contributed by atoms with Gasteiger partial charge >= 0.3 is 11.9 Å². The van der Waals surface area contributed by atoms with Gasteiger partial charge in [-0.15, -0.1) is 0 Å². The van der Waals surface area contributed by atoms with Crippen LogP contribution in [0.15, 0.2) is 11.8 Å². The van der Waals surface area contributed by atoms with Crippen molar-refractivity contribution in [2.45, 2.75) is 53.6 Å². The standard InChI is InChI=1S/C14H22O4/c1-9(15)17-11-6-7-12(14(3,4)5)13(8-11)18-10(2)16/h8,11-12H,6-7H2,1-5H3/t11?,12-/m0/s1. The normalized spacial score (nSPS) is 24.2. The molecule has 1 aliphatic carbocycles. The van der Waals surface area contributed by atoms with Crippen LogP contribution in [0.25, 0.3) is 0 Å². The molecule has 0 amide bonds. The van der Waals surface area contributed by atoms with Crippen molar-refractivity contribution in [2.75, 3.05) is 0 Å². The second-order valence-electron chi connectivity index (χ2n) is 5.81. The highest BCUT2D eigenvalue weighted by atomic mass is 16.6. The van der Waals surface area contributed by atoms with E-state index in [2.05, 4.69) is 20.8 Å². The highest BCUT2D eigenvalue weighted by Gasteiger charge is 2.34. The molecule has 18 heavy (non-hydrogen) atoms. The molecule has 4 heteroatoms. The minimum Gasteiger partial charge on any atom is -0.458 e. The van der Waals surface area contributed by atoms with Crippen LogP contribution in [0.2, 0.25) is 0 Å². The zero-order valence-corrected chi connectivity index (χ0v) is 11.8. The minimum atomic E-state index is -0.334. The molecular formula is C14H22O4. The number of hydrogen-bond donors (Lipinski definition) is 0. The molecule has 1 aliphatic rings. The van der Waals surface area contributed by atoms with Gasteiger partial charge in [-0.05, 0) is 24.3 Å². The summed E-state index contributed by atoms with van der Waals surface area (Å²) < 4.78 is 10.4. The van der Waals surface area contributed by atoms with Crippen LogP contribution < -0.4 is 0 Å². The van der Waals surface area contributed by atoms with E-state index >= 15 is 0 Å². The fourth-order valence-corrected chi connectivity index (χ4v) is 2.29. The molecule has 1 unspecified atom stereocenters. The third-order valence-corrected chi connectivity index (χ3v) is 3.06. The van der Waals surface area contributed by atoms with Crippen molar-refractivity contribution in [3.63, 3.8) is 0 Å². The highest BCUT2D eigenvalue weighted by molar-refractivity contribution is 5.68. The van der Waals surface area contributed by atoms with Gasteiger partial charge < -0.3 is 9.47 Å². The average molecular weight is 254 g/mol. The minimum absolute atomic E-state index is 0.0163. The lowest BCUT2D eigenvalue weighted by molar-refractivity contribution is -0.145. The first kappa shape index (κ1) is 14.7. The van der Waals surface area contributed by atoms with Crippen LogP contribution in [0.4, 0.5) is 0 Å². The van der Waals surface area contributed by atoms with Gasteiger partial charge in [-0.2, -0.15) is 0 Å². The van der Waals surface area contributed by atoms with Gasteiger partial charge in [-0.25, -0.2) is 0 Å². The van der Waals surface area contributed by atoms with Gasteiger partial charge in [0.2, 0.25) is 0 Å². The fourth-order valence-electron chi connectivity index (χ4n) is 2.29. The molecule has 0 spiro atoms. The Morgan fingerprint density at radius 3 is 2.22 bits per heavy atom. The average Bonchev–Trinajstić information content (AvgIpc) is 2.13. The summed E-state index contributed by atoms with van der Waals surface area (Å²) in [6.45, 7) is 9.11. The summed E-state index contributed by atoms with van der Waals surface area (Å²) in [4.78, 5) is 22.1. The van der Waals surface area contributed by atoms with E-state index < -0.39 is 0 Å². The molecule has 0 N–H and O–H groups in total. The summed E-state index contributed by atoms with van der Waals surface area (Å²) in [5.41, 5.74) is 0.0163. The number of ether oxygens (including phenoxy) is 2. The quantitative estimate of drug-likeness (QED) is 0.711. The molecule has 2 atom stereocenters. The number of allylic oxidation sites excluding steroid dienone is 1. The summed E-state index contributed by atoms with van der Waals surface area (Å²) in [5, 5.41) is 0. The molecule has 0 aromatic carbocycles.